The van der Waals surface area contributed by atoms with Crippen LogP contribution in [0.4, 0.5) is 10.5 Å². The number of aliphatic hydroxyl groups is 1. The second-order valence-corrected chi connectivity index (χ2v) is 9.65. The summed E-state index contributed by atoms with van der Waals surface area (Å²) in [7, 11) is 0. The van der Waals surface area contributed by atoms with Crippen molar-refractivity contribution in [2.75, 3.05) is 17.6 Å². The van der Waals surface area contributed by atoms with E-state index in [9.17, 15) is 9.90 Å². The first-order valence-electron chi connectivity index (χ1n) is 11.9. The number of nitrogens with one attached hydrogen (secondary N) is 2. The van der Waals surface area contributed by atoms with Crippen LogP contribution in [-0.4, -0.2) is 29.5 Å². The van der Waals surface area contributed by atoms with Crippen LogP contribution < -0.4 is 10.6 Å². The summed E-state index contributed by atoms with van der Waals surface area (Å²) < 4.78 is 13.0. The highest BCUT2D eigenvalue weighted by atomic mass is 32.2. The van der Waals surface area contributed by atoms with Gasteiger partial charge in [-0.15, -0.1) is 11.8 Å². The molecular weight excluding hydrogens is 460 g/mol. The van der Waals surface area contributed by atoms with Crippen LogP contribution >= 0.6 is 11.8 Å². The maximum Gasteiger partial charge on any atom is 0.319 e. The molecule has 7 heteroatoms. The zero-order valence-corrected chi connectivity index (χ0v) is 20.8. The molecule has 1 aliphatic rings. The summed E-state index contributed by atoms with van der Waals surface area (Å²) in [6.45, 7) is 4.59. The van der Waals surface area contributed by atoms with Crippen molar-refractivity contribution in [3.05, 3.63) is 95.6 Å². The molecule has 2 amide bonds. The van der Waals surface area contributed by atoms with Crippen LogP contribution in [0.3, 0.4) is 0 Å². The average molecular weight is 493 g/mol. The summed E-state index contributed by atoms with van der Waals surface area (Å²) in [5.74, 6) is 0.895. The highest BCUT2D eigenvalue weighted by Gasteiger charge is 2.38. The number of benzene rings is 3. The van der Waals surface area contributed by atoms with Gasteiger partial charge in [0.15, 0.2) is 6.29 Å². The number of ether oxygens (including phenoxy) is 2. The first-order chi connectivity index (χ1) is 17.1. The molecule has 6 nitrogen and oxygen atoms in total. The van der Waals surface area contributed by atoms with E-state index in [1.54, 1.807) is 11.8 Å². The number of amides is 2. The Morgan fingerprint density at radius 2 is 1.74 bits per heavy atom. The van der Waals surface area contributed by atoms with Gasteiger partial charge in [-0.3, -0.25) is 0 Å². The molecule has 0 bridgehead atoms. The van der Waals surface area contributed by atoms with Gasteiger partial charge in [-0.25, -0.2) is 4.79 Å². The lowest BCUT2D eigenvalue weighted by Crippen LogP contribution is -2.38. The third-order valence-corrected chi connectivity index (χ3v) is 7.14. The quantitative estimate of drug-likeness (QED) is 0.341. The lowest BCUT2D eigenvalue weighted by Gasteiger charge is -2.41. The van der Waals surface area contributed by atoms with Crippen LogP contribution in [0.25, 0.3) is 0 Å². The van der Waals surface area contributed by atoms with Gasteiger partial charge in [-0.1, -0.05) is 61.5 Å². The van der Waals surface area contributed by atoms with Gasteiger partial charge < -0.3 is 25.2 Å². The molecule has 0 spiro atoms. The Kier molecular flexibility index (Phi) is 8.82. The monoisotopic (exact) mass is 492 g/mol. The SMILES string of the molecule is CCNC(=O)Nc1cccc([C@H]2O[C@@H](CSc3ccccc3)[C@@H](C)[C@@H](c3ccc(CO)cc3)O2)c1. The molecule has 1 saturated heterocycles. The number of aliphatic hydroxyl groups excluding tert-OH is 1. The molecule has 0 saturated carbocycles. The number of hydrogen-bond acceptors (Lipinski definition) is 5. The molecule has 3 aromatic carbocycles. The van der Waals surface area contributed by atoms with Gasteiger partial charge in [0.1, 0.15) is 0 Å². The summed E-state index contributed by atoms with van der Waals surface area (Å²) in [5, 5.41) is 15.0. The number of carbonyl (C=O) groups excluding carboxylic acids is 1. The molecule has 1 heterocycles. The Balaban J connectivity index is 1.57. The van der Waals surface area contributed by atoms with Crippen LogP contribution in [0.5, 0.6) is 0 Å². The fraction of sp³-hybridized carbons (Fsp3) is 0.321. The summed E-state index contributed by atoms with van der Waals surface area (Å²) in [6.07, 6.45) is -0.810. The molecule has 0 unspecified atom stereocenters. The van der Waals surface area contributed by atoms with Crippen LogP contribution in [0.2, 0.25) is 0 Å². The van der Waals surface area contributed by atoms with E-state index in [2.05, 4.69) is 29.7 Å². The fourth-order valence-electron chi connectivity index (χ4n) is 4.10. The number of carbonyl (C=O) groups is 1. The van der Waals surface area contributed by atoms with Crippen LogP contribution in [-0.2, 0) is 16.1 Å². The van der Waals surface area contributed by atoms with Crippen LogP contribution in [0.15, 0.2) is 83.8 Å². The smallest absolute Gasteiger partial charge is 0.319 e. The molecule has 1 aliphatic heterocycles. The van der Waals surface area contributed by atoms with Gasteiger partial charge in [0.2, 0.25) is 0 Å². The van der Waals surface area contributed by atoms with Crippen molar-refractivity contribution in [3.63, 3.8) is 0 Å². The van der Waals surface area contributed by atoms with E-state index in [4.69, 9.17) is 9.47 Å². The summed E-state index contributed by atoms with van der Waals surface area (Å²) in [6, 6.07) is 25.5. The van der Waals surface area contributed by atoms with Crippen molar-refractivity contribution >= 4 is 23.5 Å². The fourth-order valence-corrected chi connectivity index (χ4v) is 5.19. The van der Waals surface area contributed by atoms with Crippen LogP contribution in [0, 0.1) is 5.92 Å². The number of anilines is 1. The van der Waals surface area contributed by atoms with Crippen molar-refractivity contribution < 1.29 is 19.4 Å². The zero-order valence-electron chi connectivity index (χ0n) is 20.0. The lowest BCUT2D eigenvalue weighted by molar-refractivity contribution is -0.268. The molecule has 35 heavy (non-hydrogen) atoms. The normalized spacial score (nSPS) is 21.9. The second kappa shape index (κ2) is 12.2. The average Bonchev–Trinajstić information content (AvgIpc) is 2.89. The molecule has 0 aromatic heterocycles. The number of rotatable bonds is 8. The maximum absolute atomic E-state index is 12.0. The van der Waals surface area contributed by atoms with Crippen molar-refractivity contribution in [1.29, 1.82) is 0 Å². The zero-order chi connectivity index (χ0) is 24.6. The topological polar surface area (TPSA) is 79.8 Å². The third kappa shape index (κ3) is 6.64. The number of thioether (sulfide) groups is 1. The van der Waals surface area contributed by atoms with Gasteiger partial charge >= 0.3 is 6.03 Å². The Bertz CT molecular complexity index is 1090. The maximum atomic E-state index is 12.0. The summed E-state index contributed by atoms with van der Waals surface area (Å²) in [5.41, 5.74) is 3.44. The highest BCUT2D eigenvalue weighted by Crippen LogP contribution is 2.43. The Labute approximate surface area is 211 Å². The highest BCUT2D eigenvalue weighted by molar-refractivity contribution is 7.99. The van der Waals surface area contributed by atoms with Crippen molar-refractivity contribution in [2.45, 2.75) is 43.8 Å². The number of urea groups is 1. The Morgan fingerprint density at radius 1 is 0.971 bits per heavy atom. The molecule has 3 N–H and O–H groups in total. The van der Waals surface area contributed by atoms with E-state index in [1.165, 1.54) is 4.90 Å². The molecular formula is C28H32N2O4S. The van der Waals surface area contributed by atoms with Gasteiger partial charge in [0, 0.05) is 34.4 Å². The van der Waals surface area contributed by atoms with E-state index in [-0.39, 0.29) is 30.8 Å². The molecule has 4 rings (SSSR count). The van der Waals surface area contributed by atoms with Gasteiger partial charge in [-0.2, -0.15) is 0 Å². The van der Waals surface area contributed by atoms with Crippen LogP contribution in [0.1, 0.15) is 42.9 Å². The van der Waals surface area contributed by atoms with E-state index < -0.39 is 6.29 Å². The minimum absolute atomic E-state index is 0.00876. The number of hydrogen-bond donors (Lipinski definition) is 3. The van der Waals surface area contributed by atoms with Crippen molar-refractivity contribution in [3.8, 4) is 0 Å². The summed E-state index contributed by atoms with van der Waals surface area (Å²) >= 11 is 1.77. The predicted molar refractivity (Wildman–Crippen MR) is 139 cm³/mol. The first kappa shape index (κ1) is 25.3. The van der Waals surface area contributed by atoms with Crippen molar-refractivity contribution in [1.82, 2.24) is 5.32 Å². The van der Waals surface area contributed by atoms with E-state index in [1.807, 2.05) is 73.7 Å². The van der Waals surface area contributed by atoms with E-state index in [0.717, 1.165) is 22.4 Å². The van der Waals surface area contributed by atoms with Gasteiger partial charge in [-0.05, 0) is 42.3 Å². The lowest BCUT2D eigenvalue weighted by atomic mass is 9.91. The molecule has 184 valence electrons. The minimum Gasteiger partial charge on any atom is -0.392 e. The summed E-state index contributed by atoms with van der Waals surface area (Å²) in [4.78, 5) is 13.2. The first-order valence-corrected chi connectivity index (χ1v) is 12.9. The standard InChI is InChI=1S/C28H32N2O4S/c1-3-29-28(32)30-23-9-7-8-22(16-23)27-33-25(18-35-24-10-5-4-6-11-24)19(2)26(34-27)21-14-12-20(17-31)13-15-21/h4-16,19,25-27,31H,3,17-18H2,1-2H3,(H2,29,30,32)/t19-,25+,26+,27+/m1/s1. The predicted octanol–water partition coefficient (Wildman–Crippen LogP) is 5.90. The molecule has 1 fully saturated rings. The third-order valence-electron chi connectivity index (χ3n) is 6.03. The molecule has 3 aromatic rings. The molecule has 0 aliphatic carbocycles. The van der Waals surface area contributed by atoms with E-state index >= 15 is 0 Å². The second-order valence-electron chi connectivity index (χ2n) is 8.56. The van der Waals surface area contributed by atoms with E-state index in [0.29, 0.717) is 12.2 Å². The van der Waals surface area contributed by atoms with Crippen molar-refractivity contribution in [2.24, 2.45) is 5.92 Å². The van der Waals surface area contributed by atoms with Gasteiger partial charge in [0.05, 0.1) is 18.8 Å². The largest absolute Gasteiger partial charge is 0.392 e. The molecule has 0 radical (unpaired) electrons. The molecule has 4 atom stereocenters. The Hall–Kier alpha value is -2.84. The van der Waals surface area contributed by atoms with Gasteiger partial charge in [0.25, 0.3) is 0 Å². The Morgan fingerprint density at radius 3 is 2.46 bits per heavy atom. The minimum atomic E-state index is -0.578.